The average Bonchev–Trinajstić information content (AvgIpc) is 2.79. The minimum atomic E-state index is -3.68. The lowest BCUT2D eigenvalue weighted by molar-refractivity contribution is 0.497. The number of hydrogen-bond donors (Lipinski definition) is 1. The Bertz CT molecular complexity index is 1230. The number of aryl methyl sites for hydroxylation is 2. The average molecular weight is 431 g/mol. The monoisotopic (exact) mass is 430 g/mol. The van der Waals surface area contributed by atoms with Crippen LogP contribution >= 0.6 is 0 Å². The Hall–Kier alpha value is -2.89. The molecule has 1 aliphatic heterocycles. The quantitative estimate of drug-likeness (QED) is 0.643. The lowest BCUT2D eigenvalue weighted by Gasteiger charge is -2.42. The first-order valence-electron chi connectivity index (χ1n) is 10.7. The number of benzene rings is 3. The zero-order valence-corrected chi connectivity index (χ0v) is 18.3. The highest BCUT2D eigenvalue weighted by atomic mass is 32.2. The predicted molar refractivity (Wildman–Crippen MR) is 126 cm³/mol. The molecule has 0 saturated heterocycles. The van der Waals surface area contributed by atoms with Crippen LogP contribution in [0.1, 0.15) is 34.7 Å². The van der Waals surface area contributed by atoms with Crippen molar-refractivity contribution in [1.82, 2.24) is 4.72 Å². The summed E-state index contributed by atoms with van der Waals surface area (Å²) in [7, 11) is -3.68. The van der Waals surface area contributed by atoms with E-state index in [1.807, 2.05) is 43.3 Å². The van der Waals surface area contributed by atoms with Gasteiger partial charge < -0.3 is 4.90 Å². The number of nitrogens with one attached hydrogen (secondary N) is 1. The number of fused-ring (bicyclic) bond motifs is 2. The summed E-state index contributed by atoms with van der Waals surface area (Å²) in [6.45, 7) is 2.85. The standard InChI is InChI=1S/C26H26N2O2S/c1-19-12-15-22(16-13-19)31(29,30)27-26-23-10-4-2-7-20(23)14-17-25(26)28-18-6-9-21-8-3-5-11-24(21)28/h2-5,7-8,10-17,25-27H,6,9,18H2,1H3/t25-,26+/m0/s1. The molecule has 3 aromatic rings. The Kier molecular flexibility index (Phi) is 5.16. The summed E-state index contributed by atoms with van der Waals surface area (Å²) in [6.07, 6.45) is 6.38. The zero-order valence-electron chi connectivity index (χ0n) is 17.5. The highest BCUT2D eigenvalue weighted by Gasteiger charge is 2.35. The second-order valence-corrected chi connectivity index (χ2v) is 10.0. The SMILES string of the molecule is Cc1ccc(S(=O)(=O)N[C@@H]2c3ccccc3C=C[C@@H]2N2CCCc3ccccc32)cc1. The molecule has 1 heterocycles. The van der Waals surface area contributed by atoms with Gasteiger partial charge in [-0.2, -0.15) is 0 Å². The maximum Gasteiger partial charge on any atom is 0.241 e. The highest BCUT2D eigenvalue weighted by Crippen LogP contribution is 2.37. The fraction of sp³-hybridized carbons (Fsp3) is 0.231. The van der Waals surface area contributed by atoms with Crippen LogP contribution in [0.15, 0.2) is 83.8 Å². The van der Waals surface area contributed by atoms with Crippen LogP contribution in [0.3, 0.4) is 0 Å². The lowest BCUT2D eigenvalue weighted by Crippen LogP contribution is -2.48. The molecule has 2 atom stereocenters. The maximum absolute atomic E-state index is 13.3. The Morgan fingerprint density at radius 1 is 0.935 bits per heavy atom. The van der Waals surface area contributed by atoms with E-state index in [1.54, 1.807) is 12.1 Å². The molecule has 0 amide bonds. The second-order valence-electron chi connectivity index (χ2n) is 8.32. The molecule has 0 saturated carbocycles. The van der Waals surface area contributed by atoms with Crippen molar-refractivity contribution >= 4 is 21.8 Å². The summed E-state index contributed by atoms with van der Waals surface area (Å²) in [4.78, 5) is 2.65. The van der Waals surface area contributed by atoms with Crippen LogP contribution in [-0.2, 0) is 16.4 Å². The predicted octanol–water partition coefficient (Wildman–Crippen LogP) is 4.86. The minimum Gasteiger partial charge on any atom is -0.363 e. The molecule has 5 heteroatoms. The van der Waals surface area contributed by atoms with Crippen LogP contribution in [-0.4, -0.2) is 21.0 Å². The summed E-state index contributed by atoms with van der Waals surface area (Å²) in [6, 6.07) is 23.0. The molecule has 2 aliphatic rings. The van der Waals surface area contributed by atoms with E-state index >= 15 is 0 Å². The van der Waals surface area contributed by atoms with Crippen molar-refractivity contribution in [3.63, 3.8) is 0 Å². The van der Waals surface area contributed by atoms with Gasteiger partial charge in [0.15, 0.2) is 0 Å². The molecule has 0 fully saturated rings. The van der Waals surface area contributed by atoms with Crippen LogP contribution < -0.4 is 9.62 Å². The normalized spacial score (nSPS) is 20.2. The van der Waals surface area contributed by atoms with Gasteiger partial charge in [0.05, 0.1) is 17.0 Å². The van der Waals surface area contributed by atoms with Crippen molar-refractivity contribution in [2.75, 3.05) is 11.4 Å². The van der Waals surface area contributed by atoms with Crippen molar-refractivity contribution in [2.24, 2.45) is 0 Å². The first-order valence-corrected chi connectivity index (χ1v) is 12.2. The van der Waals surface area contributed by atoms with E-state index < -0.39 is 10.0 Å². The number of hydrogen-bond acceptors (Lipinski definition) is 3. The summed E-state index contributed by atoms with van der Waals surface area (Å²) in [5.74, 6) is 0. The van der Waals surface area contributed by atoms with E-state index in [0.717, 1.165) is 36.1 Å². The number of para-hydroxylation sites is 1. The van der Waals surface area contributed by atoms with Crippen molar-refractivity contribution in [3.8, 4) is 0 Å². The molecule has 5 rings (SSSR count). The molecule has 0 radical (unpaired) electrons. The number of nitrogens with zero attached hydrogens (tertiary/aromatic N) is 1. The van der Waals surface area contributed by atoms with Crippen molar-refractivity contribution in [3.05, 3.63) is 101 Å². The molecule has 0 aromatic heterocycles. The lowest BCUT2D eigenvalue weighted by atomic mass is 9.87. The van der Waals surface area contributed by atoms with Crippen LogP contribution in [0.25, 0.3) is 6.08 Å². The molecule has 4 nitrogen and oxygen atoms in total. The Morgan fingerprint density at radius 2 is 1.68 bits per heavy atom. The Balaban J connectivity index is 1.56. The van der Waals surface area contributed by atoms with Crippen molar-refractivity contribution in [1.29, 1.82) is 0 Å². The fourth-order valence-electron chi connectivity index (χ4n) is 4.69. The van der Waals surface area contributed by atoms with Gasteiger partial charge in [-0.3, -0.25) is 0 Å². The molecule has 158 valence electrons. The van der Waals surface area contributed by atoms with Gasteiger partial charge >= 0.3 is 0 Å². The van der Waals surface area contributed by atoms with Crippen molar-refractivity contribution in [2.45, 2.75) is 36.7 Å². The van der Waals surface area contributed by atoms with Gasteiger partial charge in [-0.1, -0.05) is 72.3 Å². The van der Waals surface area contributed by atoms with Gasteiger partial charge in [0, 0.05) is 12.2 Å². The van der Waals surface area contributed by atoms with Crippen LogP contribution in [0.2, 0.25) is 0 Å². The summed E-state index contributed by atoms with van der Waals surface area (Å²) < 4.78 is 29.7. The van der Waals surface area contributed by atoms with Crippen LogP contribution in [0.5, 0.6) is 0 Å². The Morgan fingerprint density at radius 3 is 2.52 bits per heavy atom. The van der Waals surface area contributed by atoms with Gasteiger partial charge in [0.2, 0.25) is 10.0 Å². The van der Waals surface area contributed by atoms with Crippen molar-refractivity contribution < 1.29 is 8.42 Å². The van der Waals surface area contributed by atoms with Gasteiger partial charge in [0.25, 0.3) is 0 Å². The molecule has 31 heavy (non-hydrogen) atoms. The van der Waals surface area contributed by atoms with E-state index in [4.69, 9.17) is 0 Å². The summed E-state index contributed by atoms with van der Waals surface area (Å²) in [5.41, 5.74) is 5.62. The van der Waals surface area contributed by atoms with Crippen LogP contribution in [0, 0.1) is 6.92 Å². The topological polar surface area (TPSA) is 49.4 Å². The van der Waals surface area contributed by atoms with Gasteiger partial charge in [-0.15, -0.1) is 0 Å². The molecule has 0 bridgehead atoms. The molecule has 1 N–H and O–H groups in total. The van der Waals surface area contributed by atoms with Crippen LogP contribution in [0.4, 0.5) is 5.69 Å². The van der Waals surface area contributed by atoms with Gasteiger partial charge in [-0.25, -0.2) is 13.1 Å². The first-order chi connectivity index (χ1) is 15.0. The third-order valence-corrected chi connectivity index (χ3v) is 7.72. The second kappa shape index (κ2) is 7.98. The summed E-state index contributed by atoms with van der Waals surface area (Å²) >= 11 is 0. The molecule has 0 spiro atoms. The third-order valence-electron chi connectivity index (χ3n) is 6.27. The molecule has 1 aliphatic carbocycles. The minimum absolute atomic E-state index is 0.100. The first kappa shape index (κ1) is 20.0. The Labute approximate surface area is 184 Å². The highest BCUT2D eigenvalue weighted by molar-refractivity contribution is 7.89. The largest absolute Gasteiger partial charge is 0.363 e. The summed E-state index contributed by atoms with van der Waals surface area (Å²) in [5, 5.41) is 0. The maximum atomic E-state index is 13.3. The number of sulfonamides is 1. The number of anilines is 1. The van der Waals surface area contributed by atoms with Gasteiger partial charge in [0.1, 0.15) is 0 Å². The third kappa shape index (κ3) is 3.80. The number of rotatable bonds is 4. The molecular formula is C26H26N2O2S. The fourth-order valence-corrected chi connectivity index (χ4v) is 5.92. The van der Waals surface area contributed by atoms with E-state index in [1.165, 1.54) is 11.3 Å². The van der Waals surface area contributed by atoms with E-state index in [2.05, 4.69) is 46.0 Å². The van der Waals surface area contributed by atoms with E-state index in [-0.39, 0.29) is 12.1 Å². The van der Waals surface area contributed by atoms with Gasteiger partial charge in [-0.05, 0) is 54.7 Å². The smallest absolute Gasteiger partial charge is 0.241 e. The zero-order chi connectivity index (χ0) is 21.4. The van der Waals surface area contributed by atoms with E-state index in [0.29, 0.717) is 4.90 Å². The van der Waals surface area contributed by atoms with E-state index in [9.17, 15) is 8.42 Å². The molecule has 3 aromatic carbocycles. The molecule has 0 unspecified atom stereocenters. The molecular weight excluding hydrogens is 404 g/mol.